The van der Waals surface area contributed by atoms with Crippen LogP contribution in [0.5, 0.6) is 0 Å². The van der Waals surface area contributed by atoms with Gasteiger partial charge in [-0.2, -0.15) is 0 Å². The molecule has 6 nitrogen and oxygen atoms in total. The van der Waals surface area contributed by atoms with Gasteiger partial charge in [0.05, 0.1) is 12.2 Å². The van der Waals surface area contributed by atoms with Crippen molar-refractivity contribution < 1.29 is 9.59 Å². The lowest BCUT2D eigenvalue weighted by molar-refractivity contribution is -0.122. The molecule has 3 rings (SSSR count). The fraction of sp³-hybridized carbons (Fsp3) is 0.350. The minimum absolute atomic E-state index is 0.0316. The molecule has 0 saturated heterocycles. The molecule has 2 N–H and O–H groups in total. The van der Waals surface area contributed by atoms with Crippen LogP contribution in [0.25, 0.3) is 4.96 Å². The Morgan fingerprint density at radius 2 is 1.93 bits per heavy atom. The molecule has 3 aromatic rings. The molecule has 2 heterocycles. The average Bonchev–Trinajstić information content (AvgIpc) is 3.20. The van der Waals surface area contributed by atoms with Gasteiger partial charge in [-0.25, -0.2) is 4.98 Å². The zero-order valence-electron chi connectivity index (χ0n) is 15.9. The second kappa shape index (κ2) is 7.52. The summed E-state index contributed by atoms with van der Waals surface area (Å²) in [4.78, 5) is 29.9. The Bertz CT molecular complexity index is 922. The fourth-order valence-corrected chi connectivity index (χ4v) is 3.38. The first-order valence-electron chi connectivity index (χ1n) is 8.84. The maximum Gasteiger partial charge on any atom is 0.251 e. The van der Waals surface area contributed by atoms with Gasteiger partial charge in [-0.05, 0) is 30.0 Å². The molecule has 142 valence electrons. The highest BCUT2D eigenvalue weighted by molar-refractivity contribution is 7.15. The van der Waals surface area contributed by atoms with E-state index in [1.807, 2.05) is 34.3 Å². The number of fused-ring (bicyclic) bond motifs is 1. The Hall–Kier alpha value is -2.67. The van der Waals surface area contributed by atoms with E-state index in [1.165, 1.54) is 11.3 Å². The van der Waals surface area contributed by atoms with Crippen molar-refractivity contribution in [3.8, 4) is 0 Å². The Morgan fingerprint density at radius 1 is 1.22 bits per heavy atom. The van der Waals surface area contributed by atoms with Crippen LogP contribution < -0.4 is 10.6 Å². The van der Waals surface area contributed by atoms with Crippen molar-refractivity contribution in [1.82, 2.24) is 20.0 Å². The Balaban J connectivity index is 1.53. The highest BCUT2D eigenvalue weighted by Crippen LogP contribution is 2.22. The fourth-order valence-electron chi connectivity index (χ4n) is 2.66. The largest absolute Gasteiger partial charge is 0.349 e. The first-order valence-corrected chi connectivity index (χ1v) is 9.72. The summed E-state index contributed by atoms with van der Waals surface area (Å²) in [7, 11) is 0. The number of aromatic nitrogens is 2. The topological polar surface area (TPSA) is 75.5 Å². The molecular weight excluding hydrogens is 360 g/mol. The van der Waals surface area contributed by atoms with Crippen LogP contribution in [0.2, 0.25) is 0 Å². The van der Waals surface area contributed by atoms with Gasteiger partial charge in [0, 0.05) is 23.3 Å². The van der Waals surface area contributed by atoms with Gasteiger partial charge in [-0.15, -0.1) is 11.3 Å². The standard InChI is InChI=1S/C20H24N4O2S/c1-13(17(25)21-11-16-12-24-9-10-27-19(24)23-16)22-18(26)14-5-7-15(8-6-14)20(2,3)4/h5-10,12-13H,11H2,1-4H3,(H,21,25)(H,22,26). The molecule has 2 amide bonds. The number of thiazole rings is 1. The molecule has 0 aliphatic rings. The molecule has 0 saturated carbocycles. The normalized spacial score (nSPS) is 12.7. The predicted molar refractivity (Wildman–Crippen MR) is 107 cm³/mol. The lowest BCUT2D eigenvalue weighted by atomic mass is 9.86. The molecule has 0 aliphatic heterocycles. The zero-order valence-corrected chi connectivity index (χ0v) is 16.8. The number of imidazole rings is 1. The van der Waals surface area contributed by atoms with Crippen LogP contribution in [-0.2, 0) is 16.8 Å². The number of nitrogens with one attached hydrogen (secondary N) is 2. The molecule has 27 heavy (non-hydrogen) atoms. The van der Waals surface area contributed by atoms with E-state index < -0.39 is 6.04 Å². The van der Waals surface area contributed by atoms with E-state index in [1.54, 1.807) is 19.1 Å². The van der Waals surface area contributed by atoms with Crippen molar-refractivity contribution in [3.05, 3.63) is 58.9 Å². The molecule has 0 fully saturated rings. The summed E-state index contributed by atoms with van der Waals surface area (Å²) in [5.41, 5.74) is 2.51. The van der Waals surface area contributed by atoms with Gasteiger partial charge >= 0.3 is 0 Å². The van der Waals surface area contributed by atoms with Crippen molar-refractivity contribution in [3.63, 3.8) is 0 Å². The third kappa shape index (κ3) is 4.54. The second-order valence-corrected chi connectivity index (χ2v) is 8.44. The molecule has 0 bridgehead atoms. The maximum absolute atomic E-state index is 12.4. The van der Waals surface area contributed by atoms with E-state index in [-0.39, 0.29) is 17.2 Å². The monoisotopic (exact) mass is 384 g/mol. The quantitative estimate of drug-likeness (QED) is 0.710. The number of benzene rings is 1. The number of nitrogens with zero attached hydrogens (tertiary/aromatic N) is 2. The summed E-state index contributed by atoms with van der Waals surface area (Å²) in [6.07, 6.45) is 3.80. The van der Waals surface area contributed by atoms with Crippen LogP contribution in [0.1, 0.15) is 49.3 Å². The van der Waals surface area contributed by atoms with Gasteiger partial charge in [-0.1, -0.05) is 32.9 Å². The SMILES string of the molecule is CC(NC(=O)c1ccc(C(C)(C)C)cc1)C(=O)NCc1cn2ccsc2n1. The Morgan fingerprint density at radius 3 is 2.56 bits per heavy atom. The van der Waals surface area contributed by atoms with Crippen LogP contribution in [0, 0.1) is 0 Å². The lowest BCUT2D eigenvalue weighted by Gasteiger charge is -2.19. The number of hydrogen-bond donors (Lipinski definition) is 2. The van der Waals surface area contributed by atoms with Crippen molar-refractivity contribution in [2.45, 2.75) is 45.7 Å². The predicted octanol–water partition coefficient (Wildman–Crippen LogP) is 3.13. The van der Waals surface area contributed by atoms with Gasteiger partial charge < -0.3 is 10.6 Å². The molecule has 0 aliphatic carbocycles. The Labute approximate surface area is 162 Å². The van der Waals surface area contributed by atoms with E-state index in [2.05, 4.69) is 36.4 Å². The first-order chi connectivity index (χ1) is 12.7. The minimum atomic E-state index is -0.636. The maximum atomic E-state index is 12.4. The van der Waals surface area contributed by atoms with E-state index in [9.17, 15) is 9.59 Å². The molecule has 1 aromatic carbocycles. The number of hydrogen-bond acceptors (Lipinski definition) is 4. The molecule has 0 spiro atoms. The van der Waals surface area contributed by atoms with E-state index in [0.29, 0.717) is 12.1 Å². The molecular formula is C20H24N4O2S. The summed E-state index contributed by atoms with van der Waals surface area (Å²) in [6, 6.07) is 6.84. The van der Waals surface area contributed by atoms with Crippen LogP contribution in [-0.4, -0.2) is 27.2 Å². The first kappa shape index (κ1) is 19.1. The summed E-state index contributed by atoms with van der Waals surface area (Å²) in [5, 5.41) is 7.50. The number of amides is 2. The van der Waals surface area contributed by atoms with E-state index in [4.69, 9.17) is 0 Å². The van der Waals surface area contributed by atoms with Crippen molar-refractivity contribution in [2.24, 2.45) is 0 Å². The third-order valence-corrected chi connectivity index (χ3v) is 5.11. The van der Waals surface area contributed by atoms with Crippen molar-refractivity contribution >= 4 is 28.1 Å². The van der Waals surface area contributed by atoms with Crippen molar-refractivity contribution in [1.29, 1.82) is 0 Å². The summed E-state index contributed by atoms with van der Waals surface area (Å²) < 4.78 is 1.92. The number of carbonyl (C=O) groups is 2. The van der Waals surface area contributed by atoms with Gasteiger partial charge in [0.2, 0.25) is 5.91 Å². The van der Waals surface area contributed by atoms with Gasteiger partial charge in [0.15, 0.2) is 4.96 Å². The van der Waals surface area contributed by atoms with E-state index in [0.717, 1.165) is 16.2 Å². The molecule has 2 aromatic heterocycles. The summed E-state index contributed by atoms with van der Waals surface area (Å²) in [6.45, 7) is 8.37. The van der Waals surface area contributed by atoms with Gasteiger partial charge in [-0.3, -0.25) is 14.0 Å². The minimum Gasteiger partial charge on any atom is -0.349 e. The zero-order chi connectivity index (χ0) is 19.6. The van der Waals surface area contributed by atoms with Gasteiger partial charge in [0.1, 0.15) is 6.04 Å². The molecule has 7 heteroatoms. The van der Waals surface area contributed by atoms with Crippen molar-refractivity contribution in [2.75, 3.05) is 0 Å². The molecule has 1 atom stereocenters. The lowest BCUT2D eigenvalue weighted by Crippen LogP contribution is -2.44. The van der Waals surface area contributed by atoms with Gasteiger partial charge in [0.25, 0.3) is 5.91 Å². The molecule has 0 radical (unpaired) electrons. The summed E-state index contributed by atoms with van der Waals surface area (Å²) >= 11 is 1.54. The average molecular weight is 385 g/mol. The van der Waals surface area contributed by atoms with Crippen LogP contribution in [0.15, 0.2) is 42.0 Å². The molecule has 1 unspecified atom stereocenters. The van der Waals surface area contributed by atoms with Crippen LogP contribution in [0.4, 0.5) is 0 Å². The number of carbonyl (C=O) groups excluding carboxylic acids is 2. The van der Waals surface area contributed by atoms with Crippen LogP contribution in [0.3, 0.4) is 0 Å². The van der Waals surface area contributed by atoms with Crippen LogP contribution >= 0.6 is 11.3 Å². The highest BCUT2D eigenvalue weighted by Gasteiger charge is 2.18. The van der Waals surface area contributed by atoms with E-state index >= 15 is 0 Å². The number of rotatable bonds is 5. The third-order valence-electron chi connectivity index (χ3n) is 4.34. The Kier molecular flexibility index (Phi) is 5.32. The smallest absolute Gasteiger partial charge is 0.251 e. The summed E-state index contributed by atoms with van der Waals surface area (Å²) in [5.74, 6) is -0.508. The second-order valence-electron chi connectivity index (χ2n) is 7.57. The highest BCUT2D eigenvalue weighted by atomic mass is 32.1.